The number of fused-ring (bicyclic) bond motifs is 1. The molecule has 0 bridgehead atoms. The molecule has 0 saturated carbocycles. The van der Waals surface area contributed by atoms with Gasteiger partial charge in [0.05, 0.1) is 13.7 Å². The summed E-state index contributed by atoms with van der Waals surface area (Å²) in [4.78, 5) is 25.5. The lowest BCUT2D eigenvalue weighted by molar-refractivity contribution is -0.357. The molecule has 10 atom stereocenters. The molecule has 0 spiro atoms. The highest BCUT2D eigenvalue weighted by Crippen LogP contribution is 2.36. The second-order valence-electron chi connectivity index (χ2n) is 12.8. The fourth-order valence-corrected chi connectivity index (χ4v) is 6.06. The number of hydrogen-bond donors (Lipinski definition) is 10. The van der Waals surface area contributed by atoms with Gasteiger partial charge in [0.1, 0.15) is 77.6 Å². The van der Waals surface area contributed by atoms with Gasteiger partial charge in [-0.15, -0.1) is 0 Å². The number of aliphatic hydroxyl groups is 6. The largest absolute Gasteiger partial charge is 0.507 e. The number of benzene rings is 3. The number of ether oxygens (including phenoxy) is 6. The second-order valence-corrected chi connectivity index (χ2v) is 12.8. The van der Waals surface area contributed by atoms with Gasteiger partial charge < -0.3 is 83.9 Å². The number of phenolic OH excluding ortho intramolecular Hbond substituents is 4. The minimum atomic E-state index is -1.99. The molecule has 2 aliphatic rings. The number of carbonyl (C=O) groups excluding carboxylic acids is 1. The molecule has 2 saturated heterocycles. The Kier molecular flexibility index (Phi) is 12.0. The highest BCUT2D eigenvalue weighted by Gasteiger charge is 2.51. The van der Waals surface area contributed by atoms with Crippen molar-refractivity contribution in [2.75, 3.05) is 20.3 Å². The lowest BCUT2D eigenvalue weighted by Gasteiger charge is -2.45. The molecule has 2 fully saturated rings. The summed E-state index contributed by atoms with van der Waals surface area (Å²) in [6.45, 7) is -1.49. The minimum Gasteiger partial charge on any atom is -0.507 e. The van der Waals surface area contributed by atoms with Crippen LogP contribution in [0.15, 0.2) is 69.9 Å². The Morgan fingerprint density at radius 1 is 0.768 bits per heavy atom. The number of phenols is 4. The molecule has 19 nitrogen and oxygen atoms in total. The monoisotopic (exact) mass is 786 g/mol. The van der Waals surface area contributed by atoms with Gasteiger partial charge >= 0.3 is 5.97 Å². The van der Waals surface area contributed by atoms with Crippen LogP contribution >= 0.6 is 0 Å². The molecule has 0 radical (unpaired) electrons. The zero-order valence-electron chi connectivity index (χ0n) is 29.2. The van der Waals surface area contributed by atoms with Crippen molar-refractivity contribution in [1.82, 2.24) is 0 Å². The van der Waals surface area contributed by atoms with E-state index in [1.165, 1.54) is 43.5 Å². The zero-order valence-corrected chi connectivity index (χ0v) is 29.2. The van der Waals surface area contributed by atoms with Crippen molar-refractivity contribution in [3.8, 4) is 45.8 Å². The van der Waals surface area contributed by atoms with Crippen molar-refractivity contribution in [2.24, 2.45) is 0 Å². The van der Waals surface area contributed by atoms with Gasteiger partial charge in [-0.3, -0.25) is 4.79 Å². The van der Waals surface area contributed by atoms with Crippen LogP contribution in [0.5, 0.6) is 34.5 Å². The fraction of sp³-hybridized carbons (Fsp3) is 0.351. The maximum absolute atomic E-state index is 13.0. The van der Waals surface area contributed by atoms with Gasteiger partial charge in [-0.1, -0.05) is 6.07 Å². The smallest absolute Gasteiger partial charge is 0.330 e. The van der Waals surface area contributed by atoms with Gasteiger partial charge in [-0.2, -0.15) is 0 Å². The Hall–Kier alpha value is -5.48. The zero-order chi connectivity index (χ0) is 40.4. The summed E-state index contributed by atoms with van der Waals surface area (Å²) < 4.78 is 38.9. The predicted molar refractivity (Wildman–Crippen MR) is 188 cm³/mol. The van der Waals surface area contributed by atoms with Gasteiger partial charge in [0.15, 0.2) is 40.8 Å². The summed E-state index contributed by atoms with van der Waals surface area (Å²) in [7, 11) is 1.35. The lowest BCUT2D eigenvalue weighted by Crippen LogP contribution is -2.65. The van der Waals surface area contributed by atoms with Crippen molar-refractivity contribution in [3.63, 3.8) is 0 Å². The van der Waals surface area contributed by atoms with E-state index in [4.69, 9.17) is 32.8 Å². The van der Waals surface area contributed by atoms with E-state index in [2.05, 4.69) is 0 Å². The Balaban J connectivity index is 1.21. The summed E-state index contributed by atoms with van der Waals surface area (Å²) in [6.07, 6.45) is -15.5. The predicted octanol–water partition coefficient (Wildman–Crippen LogP) is -0.442. The number of hydrogen-bond acceptors (Lipinski definition) is 19. The molecule has 300 valence electrons. The van der Waals surface area contributed by atoms with Gasteiger partial charge in [0, 0.05) is 29.8 Å². The lowest BCUT2D eigenvalue weighted by atomic mass is 9.97. The summed E-state index contributed by atoms with van der Waals surface area (Å²) in [6, 6.07) is 11.2. The van der Waals surface area contributed by atoms with Crippen molar-refractivity contribution in [1.29, 1.82) is 0 Å². The number of esters is 1. The average Bonchev–Trinajstić information content (AvgIpc) is 3.17. The van der Waals surface area contributed by atoms with Crippen LogP contribution in [0.2, 0.25) is 0 Å². The van der Waals surface area contributed by atoms with E-state index in [0.717, 1.165) is 30.3 Å². The highest BCUT2D eigenvalue weighted by atomic mass is 16.8. The van der Waals surface area contributed by atoms with Crippen LogP contribution in [0.3, 0.4) is 0 Å². The minimum absolute atomic E-state index is 0.0678. The summed E-state index contributed by atoms with van der Waals surface area (Å²) in [5.74, 6) is -2.72. The third kappa shape index (κ3) is 8.35. The van der Waals surface area contributed by atoms with E-state index in [9.17, 15) is 60.7 Å². The normalized spacial score (nSPS) is 28.0. The van der Waals surface area contributed by atoms with Crippen LogP contribution in [0, 0.1) is 0 Å². The van der Waals surface area contributed by atoms with Crippen LogP contribution in [0.1, 0.15) is 5.56 Å². The summed E-state index contributed by atoms with van der Waals surface area (Å²) >= 11 is 0. The van der Waals surface area contributed by atoms with Gasteiger partial charge in [0.2, 0.25) is 6.29 Å². The Morgan fingerprint density at radius 2 is 1.48 bits per heavy atom. The third-order valence-electron chi connectivity index (χ3n) is 9.09. The second kappa shape index (κ2) is 16.7. The molecule has 6 rings (SSSR count). The molecular formula is C37H38O19. The Labute approximate surface area is 315 Å². The number of methoxy groups -OCH3 is 1. The van der Waals surface area contributed by atoms with Gasteiger partial charge in [-0.25, -0.2) is 4.79 Å². The van der Waals surface area contributed by atoms with E-state index in [1.807, 2.05) is 0 Å². The van der Waals surface area contributed by atoms with Crippen molar-refractivity contribution >= 4 is 23.0 Å². The number of rotatable bonds is 11. The third-order valence-corrected chi connectivity index (χ3v) is 9.09. The molecule has 19 heteroatoms. The van der Waals surface area contributed by atoms with E-state index >= 15 is 0 Å². The maximum Gasteiger partial charge on any atom is 0.330 e. The molecule has 1 aromatic heterocycles. The molecule has 56 heavy (non-hydrogen) atoms. The van der Waals surface area contributed by atoms with Crippen LogP contribution in [-0.4, -0.2) is 139 Å². The number of aliphatic hydroxyl groups excluding tert-OH is 6. The highest BCUT2D eigenvalue weighted by molar-refractivity contribution is 5.87. The van der Waals surface area contributed by atoms with Crippen molar-refractivity contribution < 1.29 is 88.7 Å². The van der Waals surface area contributed by atoms with Crippen LogP contribution in [0.4, 0.5) is 0 Å². The van der Waals surface area contributed by atoms with Crippen LogP contribution in [0.25, 0.3) is 28.4 Å². The number of aromatic hydroxyl groups is 4. The molecule has 0 unspecified atom stereocenters. The van der Waals surface area contributed by atoms with Crippen molar-refractivity contribution in [2.45, 2.75) is 61.4 Å². The molecular weight excluding hydrogens is 748 g/mol. The fourth-order valence-electron chi connectivity index (χ4n) is 6.06. The molecule has 0 aliphatic carbocycles. The molecule has 3 aromatic carbocycles. The van der Waals surface area contributed by atoms with E-state index < -0.39 is 103 Å². The molecule has 3 heterocycles. The van der Waals surface area contributed by atoms with Gasteiger partial charge in [0.25, 0.3) is 0 Å². The van der Waals surface area contributed by atoms with Crippen LogP contribution in [-0.2, 0) is 23.7 Å². The standard InChI is InChI=1S/C37H38O19/c1-50-24-8-15(2-5-19(24)40)3-7-28(44)51-14-27-31(46)32(47)34(49)36(55-27)56-35-33(48)30(45)26(13-38)54-37(35)52-17-10-21(42)29-22(43)12-23(53-25(29)11-17)16-4-6-18(39)20(41)9-16/h2-12,26-27,30-42,45-49H,13-14H2,1H3/t26-,27-,30-,31-,32+,33+,34-,35-,36-,37-/m1/s1. The molecule has 4 aromatic rings. The van der Waals surface area contributed by atoms with E-state index in [-0.39, 0.29) is 39.5 Å². The quantitative estimate of drug-likeness (QED) is 0.0523. The first-order valence-corrected chi connectivity index (χ1v) is 16.9. The summed E-state index contributed by atoms with van der Waals surface area (Å²) in [5, 5.41) is 104. The SMILES string of the molecule is COc1cc(C=CC(=O)OC[C@H]2O[C@H](O[C@H]3[C@H](Oc4cc(O)c5c(=O)cc(-c6ccc(O)c(O)c6)oc5c4)O[C@H](CO)[C@@H](O)[C@@H]3O)[C@H](O)[C@@H](O)[C@@H]2O)ccc1O. The molecule has 10 N–H and O–H groups in total. The average molecular weight is 787 g/mol. The van der Waals surface area contributed by atoms with Gasteiger partial charge in [-0.05, 0) is 42.0 Å². The van der Waals surface area contributed by atoms with E-state index in [0.29, 0.717) is 5.56 Å². The maximum atomic E-state index is 13.0. The molecule has 2 aliphatic heterocycles. The Morgan fingerprint density at radius 3 is 2.20 bits per heavy atom. The first kappa shape index (κ1) is 40.2. The first-order chi connectivity index (χ1) is 26.7. The van der Waals surface area contributed by atoms with E-state index in [1.54, 1.807) is 0 Å². The molecule has 0 amide bonds. The van der Waals surface area contributed by atoms with Crippen molar-refractivity contribution in [3.05, 3.63) is 76.5 Å². The first-order valence-electron chi connectivity index (χ1n) is 16.9. The van der Waals surface area contributed by atoms with Crippen LogP contribution < -0.4 is 14.9 Å². The Bertz CT molecular complexity index is 2130. The number of carbonyl (C=O) groups is 1. The summed E-state index contributed by atoms with van der Waals surface area (Å²) in [5.41, 5.74) is -0.252. The topological polar surface area (TPSA) is 305 Å².